The average molecular weight is 424 g/mol. The summed E-state index contributed by atoms with van der Waals surface area (Å²) >= 11 is 5.80. The van der Waals surface area contributed by atoms with Crippen molar-refractivity contribution in [3.8, 4) is 0 Å². The van der Waals surface area contributed by atoms with E-state index in [0.29, 0.717) is 6.20 Å². The Hall–Kier alpha value is -2.49. The van der Waals surface area contributed by atoms with Crippen LogP contribution in [0.1, 0.15) is 23.1 Å². The highest BCUT2D eigenvalue weighted by molar-refractivity contribution is 6.32. The third-order valence-electron chi connectivity index (χ3n) is 3.94. The number of hydrogen-bond donors (Lipinski definition) is 1. The van der Waals surface area contributed by atoms with Gasteiger partial charge in [-0.2, -0.15) is 26.3 Å². The number of pyridine rings is 1. The van der Waals surface area contributed by atoms with Crippen LogP contribution < -0.4 is 5.32 Å². The second kappa shape index (κ2) is 7.50. The van der Waals surface area contributed by atoms with Crippen molar-refractivity contribution in [3.05, 3.63) is 58.2 Å². The van der Waals surface area contributed by atoms with Gasteiger partial charge in [0.15, 0.2) is 0 Å². The summed E-state index contributed by atoms with van der Waals surface area (Å²) in [5.41, 5.74) is -1.76. The fraction of sp³-hybridized carbons (Fsp3) is 0.294. The minimum absolute atomic E-state index is 0.00223. The largest absolute Gasteiger partial charge is 0.417 e. The molecule has 2 heterocycles. The minimum Gasteiger partial charge on any atom is -0.390 e. The van der Waals surface area contributed by atoms with Gasteiger partial charge in [-0.25, -0.2) is 4.98 Å². The molecule has 1 aliphatic rings. The van der Waals surface area contributed by atoms with Crippen molar-refractivity contribution in [2.75, 3.05) is 11.9 Å². The van der Waals surface area contributed by atoms with E-state index in [-0.39, 0.29) is 35.1 Å². The Morgan fingerprint density at radius 3 is 2.46 bits per heavy atom. The number of hydrogen-bond acceptors (Lipinski definition) is 4. The Labute approximate surface area is 160 Å². The molecule has 28 heavy (non-hydrogen) atoms. The highest BCUT2D eigenvalue weighted by Crippen LogP contribution is 2.34. The molecule has 0 amide bonds. The van der Waals surface area contributed by atoms with Gasteiger partial charge >= 0.3 is 12.4 Å². The third kappa shape index (κ3) is 4.49. The van der Waals surface area contributed by atoms with Crippen molar-refractivity contribution in [3.63, 3.8) is 0 Å². The molecular weight excluding hydrogens is 412 g/mol. The number of nitrogens with one attached hydrogen (secondary N) is 1. The number of halogens is 7. The maximum Gasteiger partial charge on any atom is 0.417 e. The molecule has 0 aliphatic carbocycles. The number of anilines is 1. The van der Waals surface area contributed by atoms with Gasteiger partial charge in [0.2, 0.25) is 0 Å². The second-order valence-corrected chi connectivity index (χ2v) is 6.35. The van der Waals surface area contributed by atoms with Gasteiger partial charge in [-0.15, -0.1) is 0 Å². The molecule has 0 fully saturated rings. The van der Waals surface area contributed by atoms with Crippen LogP contribution in [-0.4, -0.2) is 23.3 Å². The fourth-order valence-corrected chi connectivity index (χ4v) is 2.85. The highest BCUT2D eigenvalue weighted by Gasteiger charge is 2.36. The summed E-state index contributed by atoms with van der Waals surface area (Å²) in [5, 5.41) is 6.20. The molecule has 3 rings (SSSR count). The predicted octanol–water partition coefficient (Wildman–Crippen LogP) is 5.38. The first kappa shape index (κ1) is 20.2. The maximum absolute atomic E-state index is 13.1. The monoisotopic (exact) mass is 423 g/mol. The quantitative estimate of drug-likeness (QED) is 0.672. The molecule has 0 bridgehead atoms. The van der Waals surface area contributed by atoms with Crippen molar-refractivity contribution in [2.24, 2.45) is 5.16 Å². The number of nitrogens with zero attached hydrogens (tertiary/aromatic N) is 2. The standard InChI is InChI=1S/C17H12ClF6N3O/c18-13-5-9(16(19,20)21)7-25-15(13)26-8-10-6-14(27-28-10)11-3-1-2-4-12(11)17(22,23)24/h1-5,7,10H,6,8H2,(H,25,26)/t10-/m1/s1. The van der Waals surface area contributed by atoms with Gasteiger partial charge in [0, 0.05) is 18.2 Å². The Morgan fingerprint density at radius 1 is 1.11 bits per heavy atom. The SMILES string of the molecule is FC(F)(F)c1cnc(NC[C@H]2CC(c3ccccc3C(F)(F)F)=NO2)c(Cl)c1. The van der Waals surface area contributed by atoms with Gasteiger partial charge in [0.1, 0.15) is 11.9 Å². The summed E-state index contributed by atoms with van der Waals surface area (Å²) in [4.78, 5) is 8.76. The summed E-state index contributed by atoms with van der Waals surface area (Å²) in [5.74, 6) is 0.00223. The Kier molecular flexibility index (Phi) is 5.42. The van der Waals surface area contributed by atoms with Gasteiger partial charge in [0.25, 0.3) is 0 Å². The maximum atomic E-state index is 13.1. The molecule has 1 N–H and O–H groups in total. The molecule has 1 atom stereocenters. The smallest absolute Gasteiger partial charge is 0.390 e. The average Bonchev–Trinajstić information content (AvgIpc) is 3.08. The van der Waals surface area contributed by atoms with Gasteiger partial charge in [-0.3, -0.25) is 0 Å². The molecule has 0 unspecified atom stereocenters. The van der Waals surface area contributed by atoms with Gasteiger partial charge in [0.05, 0.1) is 28.4 Å². The molecule has 150 valence electrons. The molecule has 1 aromatic heterocycles. The van der Waals surface area contributed by atoms with Crippen molar-refractivity contribution < 1.29 is 31.2 Å². The number of alkyl halides is 6. The summed E-state index contributed by atoms with van der Waals surface area (Å²) in [7, 11) is 0. The van der Waals surface area contributed by atoms with Crippen molar-refractivity contribution in [1.29, 1.82) is 0 Å². The molecule has 11 heteroatoms. The molecule has 4 nitrogen and oxygen atoms in total. The van der Waals surface area contributed by atoms with Crippen LogP contribution in [0.25, 0.3) is 0 Å². The van der Waals surface area contributed by atoms with Crippen molar-refractivity contribution in [1.82, 2.24) is 4.98 Å². The van der Waals surface area contributed by atoms with E-state index < -0.39 is 29.6 Å². The topological polar surface area (TPSA) is 46.5 Å². The van der Waals surface area contributed by atoms with Crippen LogP contribution in [-0.2, 0) is 17.2 Å². The first-order valence-electron chi connectivity index (χ1n) is 7.91. The normalized spacial score (nSPS) is 17.2. The fourth-order valence-electron chi connectivity index (χ4n) is 2.61. The third-order valence-corrected chi connectivity index (χ3v) is 4.23. The lowest BCUT2D eigenvalue weighted by Gasteiger charge is -2.14. The van der Waals surface area contributed by atoms with E-state index >= 15 is 0 Å². The predicted molar refractivity (Wildman–Crippen MR) is 90.2 cm³/mol. The molecule has 1 aromatic carbocycles. The number of aromatic nitrogens is 1. The van der Waals surface area contributed by atoms with E-state index in [2.05, 4.69) is 15.5 Å². The molecule has 0 radical (unpaired) electrons. The van der Waals surface area contributed by atoms with Crippen molar-refractivity contribution >= 4 is 23.1 Å². The van der Waals surface area contributed by atoms with Crippen LogP contribution in [0.4, 0.5) is 32.2 Å². The summed E-state index contributed by atoms with van der Waals surface area (Å²) in [6.07, 6.45) is -9.02. The minimum atomic E-state index is -4.57. The van der Waals surface area contributed by atoms with Gasteiger partial charge in [-0.1, -0.05) is 35.0 Å². The zero-order valence-electron chi connectivity index (χ0n) is 13.9. The van der Waals surface area contributed by atoms with Crippen LogP contribution in [0.3, 0.4) is 0 Å². The zero-order valence-corrected chi connectivity index (χ0v) is 14.7. The first-order valence-corrected chi connectivity index (χ1v) is 8.29. The van der Waals surface area contributed by atoms with Crippen LogP contribution in [0.15, 0.2) is 41.7 Å². The first-order chi connectivity index (χ1) is 13.1. The number of oxime groups is 1. The lowest BCUT2D eigenvalue weighted by molar-refractivity contribution is -0.138. The highest BCUT2D eigenvalue weighted by atomic mass is 35.5. The lowest BCUT2D eigenvalue weighted by Crippen LogP contribution is -2.21. The molecule has 0 saturated heterocycles. The van der Waals surface area contributed by atoms with E-state index in [4.69, 9.17) is 16.4 Å². The van der Waals surface area contributed by atoms with Gasteiger partial charge < -0.3 is 10.2 Å². The zero-order chi connectivity index (χ0) is 20.5. The summed E-state index contributed by atoms with van der Waals surface area (Å²) in [6, 6.07) is 5.73. The Bertz CT molecular complexity index is 897. The van der Waals surface area contributed by atoms with E-state index in [1.807, 2.05) is 0 Å². The Balaban J connectivity index is 1.65. The molecule has 0 spiro atoms. The summed E-state index contributed by atoms with van der Waals surface area (Å²) in [6.45, 7) is 0.0409. The van der Waals surface area contributed by atoms with E-state index in [0.717, 1.165) is 12.1 Å². The van der Waals surface area contributed by atoms with Crippen LogP contribution in [0.5, 0.6) is 0 Å². The molecule has 2 aromatic rings. The van der Waals surface area contributed by atoms with Crippen molar-refractivity contribution in [2.45, 2.75) is 24.9 Å². The van der Waals surface area contributed by atoms with E-state index in [9.17, 15) is 26.3 Å². The number of rotatable bonds is 4. The lowest BCUT2D eigenvalue weighted by atomic mass is 9.99. The van der Waals surface area contributed by atoms with Gasteiger partial charge in [-0.05, 0) is 12.1 Å². The van der Waals surface area contributed by atoms with Crippen LogP contribution in [0, 0.1) is 0 Å². The molecular formula is C17H12ClF6N3O. The second-order valence-electron chi connectivity index (χ2n) is 5.95. The summed E-state index contributed by atoms with van der Waals surface area (Å²) < 4.78 is 77.2. The van der Waals surface area contributed by atoms with Crippen LogP contribution in [0.2, 0.25) is 5.02 Å². The van der Waals surface area contributed by atoms with E-state index in [1.165, 1.54) is 18.2 Å². The van der Waals surface area contributed by atoms with E-state index in [1.54, 1.807) is 0 Å². The molecule has 0 saturated carbocycles. The Morgan fingerprint density at radius 2 is 1.82 bits per heavy atom. The van der Waals surface area contributed by atoms with Crippen LogP contribution >= 0.6 is 11.6 Å². The molecule has 1 aliphatic heterocycles. The number of benzene rings is 1.